The minimum Gasteiger partial charge on any atom is -0.508 e. The highest BCUT2D eigenvalue weighted by Gasteiger charge is 2.07. The molecule has 0 unspecified atom stereocenters. The van der Waals surface area contributed by atoms with Gasteiger partial charge in [0.25, 0.3) is 5.69 Å². The minimum atomic E-state index is -0.619. The molecule has 0 radical (unpaired) electrons. The van der Waals surface area contributed by atoms with Crippen LogP contribution in [0.5, 0.6) is 5.75 Å². The zero-order chi connectivity index (χ0) is 8.43. The van der Waals surface area contributed by atoms with Crippen LogP contribution in [0.1, 0.15) is 0 Å². The smallest absolute Gasteiger partial charge is 0.274 e. The highest BCUT2D eigenvalue weighted by molar-refractivity contribution is 6.30. The summed E-state index contributed by atoms with van der Waals surface area (Å²) in [6, 6.07) is 3.43. The summed E-state index contributed by atoms with van der Waals surface area (Å²) in [7, 11) is 0. The van der Waals surface area contributed by atoms with Gasteiger partial charge in [-0.2, -0.15) is 0 Å². The molecule has 0 aliphatic heterocycles. The van der Waals surface area contributed by atoms with Crippen molar-refractivity contribution < 1.29 is 10.0 Å². The van der Waals surface area contributed by atoms with Gasteiger partial charge in [0.15, 0.2) is 0 Å². The maximum Gasteiger partial charge on any atom is 0.274 e. The number of hydrogen-bond donors (Lipinski definition) is 1. The summed E-state index contributed by atoms with van der Waals surface area (Å²) in [5.41, 5.74) is -0.213. The molecule has 4 nitrogen and oxygen atoms in total. The molecule has 11 heavy (non-hydrogen) atoms. The van der Waals surface area contributed by atoms with Crippen molar-refractivity contribution in [2.75, 3.05) is 0 Å². The number of nitro benzene ring substituents is 1. The second kappa shape index (κ2) is 2.75. The summed E-state index contributed by atoms with van der Waals surface area (Å²) in [6.07, 6.45) is 0. The van der Waals surface area contributed by atoms with Gasteiger partial charge >= 0.3 is 0 Å². The molecule has 0 fully saturated rings. The first kappa shape index (κ1) is 7.81. The standard InChI is InChI=1S/C6H4ClNO3/c7-4-1-5(8(10)11)3-6(9)2-4/h1-3,9H. The van der Waals surface area contributed by atoms with E-state index in [1.807, 2.05) is 0 Å². The Morgan fingerprint density at radius 3 is 2.55 bits per heavy atom. The minimum absolute atomic E-state index is 0.150. The fourth-order valence-electron chi connectivity index (χ4n) is 0.664. The molecule has 1 aromatic carbocycles. The number of halogens is 1. The fraction of sp³-hybridized carbons (Fsp3) is 0. The van der Waals surface area contributed by atoms with E-state index in [0.717, 1.165) is 6.07 Å². The number of rotatable bonds is 1. The van der Waals surface area contributed by atoms with Gasteiger partial charge < -0.3 is 5.11 Å². The number of nitro groups is 1. The second-order valence-electron chi connectivity index (χ2n) is 1.92. The molecule has 1 N–H and O–H groups in total. The Morgan fingerprint density at radius 2 is 2.09 bits per heavy atom. The third-order valence-electron chi connectivity index (χ3n) is 1.08. The topological polar surface area (TPSA) is 63.4 Å². The first-order chi connectivity index (χ1) is 5.09. The highest BCUT2D eigenvalue weighted by atomic mass is 35.5. The van der Waals surface area contributed by atoms with E-state index in [-0.39, 0.29) is 16.5 Å². The van der Waals surface area contributed by atoms with E-state index in [2.05, 4.69) is 0 Å². The Hall–Kier alpha value is -1.29. The van der Waals surface area contributed by atoms with Crippen molar-refractivity contribution in [3.05, 3.63) is 33.3 Å². The van der Waals surface area contributed by atoms with Crippen molar-refractivity contribution in [3.63, 3.8) is 0 Å². The first-order valence-electron chi connectivity index (χ1n) is 2.73. The summed E-state index contributed by atoms with van der Waals surface area (Å²) in [6.45, 7) is 0. The summed E-state index contributed by atoms with van der Waals surface area (Å²) in [5, 5.41) is 19.1. The van der Waals surface area contributed by atoms with Gasteiger partial charge in [0, 0.05) is 6.07 Å². The van der Waals surface area contributed by atoms with Crippen LogP contribution in [-0.2, 0) is 0 Å². The van der Waals surface area contributed by atoms with Crippen molar-refractivity contribution in [1.82, 2.24) is 0 Å². The number of hydrogen-bond acceptors (Lipinski definition) is 3. The molecule has 0 heterocycles. The third-order valence-corrected chi connectivity index (χ3v) is 1.30. The molecule has 0 atom stereocenters. The van der Waals surface area contributed by atoms with Gasteiger partial charge in [0.2, 0.25) is 0 Å². The number of non-ortho nitro benzene ring substituents is 1. The van der Waals surface area contributed by atoms with Gasteiger partial charge in [-0.3, -0.25) is 10.1 Å². The Balaban J connectivity index is 3.19. The summed E-state index contributed by atoms with van der Waals surface area (Å²) < 4.78 is 0. The molecule has 0 aliphatic carbocycles. The lowest BCUT2D eigenvalue weighted by Gasteiger charge is -1.93. The zero-order valence-electron chi connectivity index (χ0n) is 5.32. The molecule has 1 aromatic rings. The second-order valence-corrected chi connectivity index (χ2v) is 2.36. The maximum absolute atomic E-state index is 10.1. The van der Waals surface area contributed by atoms with Crippen molar-refractivity contribution in [3.8, 4) is 5.75 Å². The lowest BCUT2D eigenvalue weighted by molar-refractivity contribution is -0.384. The molecular formula is C6H4ClNO3. The number of phenolic OH excluding ortho intramolecular Hbond substituents is 1. The Morgan fingerprint density at radius 1 is 1.45 bits per heavy atom. The molecule has 0 spiro atoms. The van der Waals surface area contributed by atoms with Gasteiger partial charge in [-0.1, -0.05) is 11.6 Å². The van der Waals surface area contributed by atoms with Gasteiger partial charge in [-0.05, 0) is 6.07 Å². The molecule has 0 amide bonds. The zero-order valence-corrected chi connectivity index (χ0v) is 6.08. The van der Waals surface area contributed by atoms with Crippen LogP contribution in [0.25, 0.3) is 0 Å². The lowest BCUT2D eigenvalue weighted by atomic mass is 10.3. The molecule has 1 rings (SSSR count). The largest absolute Gasteiger partial charge is 0.508 e. The average molecular weight is 174 g/mol. The van der Waals surface area contributed by atoms with Crippen molar-refractivity contribution >= 4 is 17.3 Å². The van der Waals surface area contributed by atoms with E-state index in [1.165, 1.54) is 12.1 Å². The molecule has 5 heteroatoms. The lowest BCUT2D eigenvalue weighted by Crippen LogP contribution is -1.86. The van der Waals surface area contributed by atoms with Crippen LogP contribution in [0, 0.1) is 10.1 Å². The summed E-state index contributed by atoms with van der Waals surface area (Å²) in [5.74, 6) is -0.204. The van der Waals surface area contributed by atoms with Crippen LogP contribution in [0.3, 0.4) is 0 Å². The van der Waals surface area contributed by atoms with Crippen LogP contribution in [-0.4, -0.2) is 10.0 Å². The van der Waals surface area contributed by atoms with Crippen LogP contribution in [0.15, 0.2) is 18.2 Å². The van der Waals surface area contributed by atoms with E-state index in [9.17, 15) is 10.1 Å². The molecule has 0 saturated heterocycles. The number of aromatic hydroxyl groups is 1. The van der Waals surface area contributed by atoms with E-state index in [4.69, 9.17) is 16.7 Å². The Bertz CT molecular complexity index is 280. The van der Waals surface area contributed by atoms with E-state index in [1.54, 1.807) is 0 Å². The number of nitrogens with zero attached hydrogens (tertiary/aromatic N) is 1. The SMILES string of the molecule is O=[N+]([O-])c1cc(O)cc(Cl)c1. The molecule has 0 aromatic heterocycles. The predicted molar refractivity (Wildman–Crippen MR) is 39.8 cm³/mol. The van der Waals surface area contributed by atoms with Crippen LogP contribution >= 0.6 is 11.6 Å². The van der Waals surface area contributed by atoms with E-state index in [0.29, 0.717) is 0 Å². The Kier molecular flexibility index (Phi) is 1.96. The van der Waals surface area contributed by atoms with E-state index >= 15 is 0 Å². The molecule has 0 bridgehead atoms. The van der Waals surface area contributed by atoms with Crippen molar-refractivity contribution in [2.24, 2.45) is 0 Å². The van der Waals surface area contributed by atoms with Crippen LogP contribution in [0.4, 0.5) is 5.69 Å². The van der Waals surface area contributed by atoms with Crippen LogP contribution < -0.4 is 0 Å². The van der Waals surface area contributed by atoms with E-state index < -0.39 is 4.92 Å². The number of benzene rings is 1. The van der Waals surface area contributed by atoms with Crippen molar-refractivity contribution in [2.45, 2.75) is 0 Å². The van der Waals surface area contributed by atoms with Gasteiger partial charge in [-0.15, -0.1) is 0 Å². The highest BCUT2D eigenvalue weighted by Crippen LogP contribution is 2.24. The third kappa shape index (κ3) is 1.81. The monoisotopic (exact) mass is 173 g/mol. The molecule has 0 saturated carbocycles. The average Bonchev–Trinajstić information content (AvgIpc) is 1.85. The normalized spacial score (nSPS) is 9.55. The fourth-order valence-corrected chi connectivity index (χ4v) is 0.888. The first-order valence-corrected chi connectivity index (χ1v) is 3.11. The molecule has 0 aliphatic rings. The molecule has 58 valence electrons. The summed E-state index contributed by atoms with van der Waals surface area (Å²) >= 11 is 5.43. The van der Waals surface area contributed by atoms with Crippen molar-refractivity contribution in [1.29, 1.82) is 0 Å². The van der Waals surface area contributed by atoms with Gasteiger partial charge in [0.1, 0.15) is 5.75 Å². The number of phenols is 1. The molecular weight excluding hydrogens is 170 g/mol. The van der Waals surface area contributed by atoms with Gasteiger partial charge in [-0.25, -0.2) is 0 Å². The quantitative estimate of drug-likeness (QED) is 0.522. The predicted octanol–water partition coefficient (Wildman–Crippen LogP) is 1.95. The summed E-state index contributed by atoms with van der Waals surface area (Å²) in [4.78, 5) is 9.52. The maximum atomic E-state index is 10.1. The van der Waals surface area contributed by atoms with Gasteiger partial charge in [0.05, 0.1) is 16.0 Å². The Labute approximate surface area is 67.2 Å². The van der Waals surface area contributed by atoms with Crippen LogP contribution in [0.2, 0.25) is 5.02 Å².